The van der Waals surface area contributed by atoms with Crippen LogP contribution in [0, 0.1) is 5.82 Å². The fourth-order valence-corrected chi connectivity index (χ4v) is 1.80. The van der Waals surface area contributed by atoms with Gasteiger partial charge in [0.1, 0.15) is 0 Å². The van der Waals surface area contributed by atoms with Gasteiger partial charge in [0.2, 0.25) is 0 Å². The molecule has 0 radical (unpaired) electrons. The molecule has 1 aromatic carbocycles. The number of para-hydroxylation sites is 1. The molecule has 0 aliphatic rings. The van der Waals surface area contributed by atoms with E-state index in [1.807, 2.05) is 20.8 Å². The molecular formula is C15H24ClFN2O2. The molecule has 120 valence electrons. The Bertz CT molecular complexity index is 432. The highest BCUT2D eigenvalue weighted by atomic mass is 35.5. The topological polar surface area (TPSA) is 50.4 Å². The van der Waals surface area contributed by atoms with Crippen LogP contribution in [0.3, 0.4) is 0 Å². The van der Waals surface area contributed by atoms with E-state index in [-0.39, 0.29) is 30.1 Å². The summed E-state index contributed by atoms with van der Waals surface area (Å²) in [4.78, 5) is 12.0. The zero-order chi connectivity index (χ0) is 15.0. The van der Waals surface area contributed by atoms with Crippen LogP contribution in [-0.4, -0.2) is 31.1 Å². The minimum atomic E-state index is -0.680. The zero-order valence-corrected chi connectivity index (χ0v) is 13.5. The number of halogens is 2. The van der Waals surface area contributed by atoms with Crippen molar-refractivity contribution < 1.29 is 13.9 Å². The molecule has 6 heteroatoms. The van der Waals surface area contributed by atoms with Gasteiger partial charge in [0.15, 0.2) is 17.7 Å². The molecule has 0 heterocycles. The average Bonchev–Trinajstić information content (AvgIpc) is 2.44. The maximum Gasteiger partial charge on any atom is 0.261 e. The highest BCUT2D eigenvalue weighted by Gasteiger charge is 2.19. The number of carbonyl (C=O) groups excluding carboxylic acids is 1. The second-order valence-corrected chi connectivity index (χ2v) is 4.65. The van der Waals surface area contributed by atoms with Crippen molar-refractivity contribution in [3.8, 4) is 5.75 Å². The van der Waals surface area contributed by atoms with E-state index in [0.29, 0.717) is 13.0 Å². The number of rotatable bonds is 8. The first-order chi connectivity index (χ1) is 9.58. The molecular weight excluding hydrogens is 295 g/mol. The van der Waals surface area contributed by atoms with Crippen molar-refractivity contribution in [3.05, 3.63) is 30.1 Å². The van der Waals surface area contributed by atoms with Crippen molar-refractivity contribution in [2.75, 3.05) is 13.1 Å². The summed E-state index contributed by atoms with van der Waals surface area (Å²) in [5, 5.41) is 6.01. The maximum absolute atomic E-state index is 13.5. The summed E-state index contributed by atoms with van der Waals surface area (Å²) < 4.78 is 18.9. The number of benzene rings is 1. The molecule has 0 saturated heterocycles. The van der Waals surface area contributed by atoms with Gasteiger partial charge in [0.05, 0.1) is 0 Å². The molecule has 2 atom stereocenters. The van der Waals surface area contributed by atoms with Crippen molar-refractivity contribution in [2.45, 2.75) is 39.3 Å². The Morgan fingerprint density at radius 1 is 1.33 bits per heavy atom. The van der Waals surface area contributed by atoms with Crippen LogP contribution in [-0.2, 0) is 4.79 Å². The van der Waals surface area contributed by atoms with Crippen LogP contribution >= 0.6 is 12.4 Å². The Labute approximate surface area is 131 Å². The fraction of sp³-hybridized carbons (Fsp3) is 0.533. The van der Waals surface area contributed by atoms with Crippen molar-refractivity contribution in [3.63, 3.8) is 0 Å². The van der Waals surface area contributed by atoms with Gasteiger partial charge in [0, 0.05) is 12.6 Å². The molecule has 1 unspecified atom stereocenters. The molecule has 4 nitrogen and oxygen atoms in total. The van der Waals surface area contributed by atoms with Crippen LogP contribution in [0.15, 0.2) is 24.3 Å². The maximum atomic E-state index is 13.5. The third-order valence-corrected chi connectivity index (χ3v) is 2.90. The van der Waals surface area contributed by atoms with E-state index in [1.165, 1.54) is 12.1 Å². The summed E-state index contributed by atoms with van der Waals surface area (Å²) >= 11 is 0. The van der Waals surface area contributed by atoms with Gasteiger partial charge in [-0.3, -0.25) is 4.79 Å². The van der Waals surface area contributed by atoms with E-state index >= 15 is 0 Å². The third-order valence-electron chi connectivity index (χ3n) is 2.90. The second kappa shape index (κ2) is 10.4. The first-order valence-electron chi connectivity index (χ1n) is 7.00. The molecule has 1 rings (SSSR count). The standard InChI is InChI=1S/C15H23FN2O2.ClH/c1-4-13(15(19)18-10-11(3)17-5-2)20-14-9-7-6-8-12(14)16;/h6-9,11,13,17H,4-5,10H2,1-3H3,(H,18,19);1H/t11-,13?;/m1./s1. The zero-order valence-electron chi connectivity index (χ0n) is 12.7. The largest absolute Gasteiger partial charge is 0.478 e. The average molecular weight is 319 g/mol. The lowest BCUT2D eigenvalue weighted by atomic mass is 10.2. The lowest BCUT2D eigenvalue weighted by molar-refractivity contribution is -0.128. The van der Waals surface area contributed by atoms with Crippen molar-refractivity contribution in [2.24, 2.45) is 0 Å². The molecule has 0 aliphatic heterocycles. The third kappa shape index (κ3) is 6.78. The van der Waals surface area contributed by atoms with Crippen LogP contribution in [0.5, 0.6) is 5.75 Å². The minimum Gasteiger partial charge on any atom is -0.478 e. The van der Waals surface area contributed by atoms with Gasteiger partial charge in [-0.05, 0) is 32.0 Å². The first-order valence-corrected chi connectivity index (χ1v) is 7.00. The van der Waals surface area contributed by atoms with Gasteiger partial charge in [-0.25, -0.2) is 4.39 Å². The Morgan fingerprint density at radius 3 is 2.57 bits per heavy atom. The number of hydrogen-bond acceptors (Lipinski definition) is 3. The number of ether oxygens (including phenoxy) is 1. The van der Waals surface area contributed by atoms with E-state index in [9.17, 15) is 9.18 Å². The van der Waals surface area contributed by atoms with E-state index in [1.54, 1.807) is 12.1 Å². The number of amides is 1. The molecule has 0 spiro atoms. The summed E-state index contributed by atoms with van der Waals surface area (Å²) in [6, 6.07) is 6.28. The van der Waals surface area contributed by atoms with Crippen molar-refractivity contribution in [1.29, 1.82) is 0 Å². The fourth-order valence-electron chi connectivity index (χ4n) is 1.80. The van der Waals surface area contributed by atoms with Crippen LogP contribution in [0.4, 0.5) is 4.39 Å². The van der Waals surface area contributed by atoms with Crippen LogP contribution in [0.2, 0.25) is 0 Å². The number of carbonyl (C=O) groups is 1. The summed E-state index contributed by atoms with van der Waals surface area (Å²) in [5.74, 6) is -0.575. The predicted molar refractivity (Wildman–Crippen MR) is 84.5 cm³/mol. The minimum absolute atomic E-state index is 0. The Balaban J connectivity index is 0.00000400. The Hall–Kier alpha value is -1.33. The van der Waals surface area contributed by atoms with Gasteiger partial charge in [-0.15, -0.1) is 12.4 Å². The first kappa shape index (κ1) is 19.7. The van der Waals surface area contributed by atoms with Gasteiger partial charge < -0.3 is 15.4 Å². The highest BCUT2D eigenvalue weighted by Crippen LogP contribution is 2.18. The van der Waals surface area contributed by atoms with Crippen LogP contribution in [0.25, 0.3) is 0 Å². The summed E-state index contributed by atoms with van der Waals surface area (Å²) in [6.45, 7) is 7.19. The second-order valence-electron chi connectivity index (χ2n) is 4.65. The lowest BCUT2D eigenvalue weighted by Crippen LogP contribution is -2.44. The van der Waals surface area contributed by atoms with E-state index < -0.39 is 11.9 Å². The summed E-state index contributed by atoms with van der Waals surface area (Å²) in [6.07, 6.45) is -0.198. The normalized spacial score (nSPS) is 13.0. The quantitative estimate of drug-likeness (QED) is 0.774. The van der Waals surface area contributed by atoms with Gasteiger partial charge >= 0.3 is 0 Å². The molecule has 2 N–H and O–H groups in total. The molecule has 21 heavy (non-hydrogen) atoms. The van der Waals surface area contributed by atoms with Gasteiger partial charge in [0.25, 0.3) is 5.91 Å². The highest BCUT2D eigenvalue weighted by molar-refractivity contribution is 5.85. The molecule has 0 aliphatic carbocycles. The van der Waals surface area contributed by atoms with Crippen LogP contribution in [0.1, 0.15) is 27.2 Å². The predicted octanol–water partition coefficient (Wildman–Crippen LogP) is 2.52. The van der Waals surface area contributed by atoms with Crippen molar-refractivity contribution >= 4 is 18.3 Å². The van der Waals surface area contributed by atoms with Crippen LogP contribution < -0.4 is 15.4 Å². The number of likely N-dealkylation sites (N-methyl/N-ethyl adjacent to an activating group) is 1. The SMILES string of the molecule is CCN[C@H](C)CNC(=O)C(CC)Oc1ccccc1F.Cl. The molecule has 0 aromatic heterocycles. The molecule has 1 aromatic rings. The molecule has 1 amide bonds. The van der Waals surface area contributed by atoms with E-state index in [0.717, 1.165) is 6.54 Å². The Kier molecular flexibility index (Phi) is 9.75. The lowest BCUT2D eigenvalue weighted by Gasteiger charge is -2.19. The van der Waals surface area contributed by atoms with Gasteiger partial charge in [-0.2, -0.15) is 0 Å². The smallest absolute Gasteiger partial charge is 0.261 e. The van der Waals surface area contributed by atoms with Crippen molar-refractivity contribution in [1.82, 2.24) is 10.6 Å². The summed E-state index contributed by atoms with van der Waals surface area (Å²) in [7, 11) is 0. The Morgan fingerprint density at radius 2 is 2.00 bits per heavy atom. The molecule has 0 bridgehead atoms. The van der Waals surface area contributed by atoms with E-state index in [2.05, 4.69) is 10.6 Å². The van der Waals surface area contributed by atoms with Gasteiger partial charge in [-0.1, -0.05) is 26.0 Å². The molecule has 0 fully saturated rings. The number of hydrogen-bond donors (Lipinski definition) is 2. The van der Waals surface area contributed by atoms with E-state index in [4.69, 9.17) is 4.74 Å². The molecule has 0 saturated carbocycles. The monoisotopic (exact) mass is 318 g/mol. The summed E-state index contributed by atoms with van der Waals surface area (Å²) in [5.41, 5.74) is 0. The number of nitrogens with one attached hydrogen (secondary N) is 2.